The number of halogens is 1. The molecule has 6 nitrogen and oxygen atoms in total. The third-order valence-electron chi connectivity index (χ3n) is 4.16. The normalized spacial score (nSPS) is 10.8. The van der Waals surface area contributed by atoms with Gasteiger partial charge in [0.1, 0.15) is 11.5 Å². The zero-order chi connectivity index (χ0) is 21.0. The molecule has 3 rings (SSSR count). The first-order valence-corrected chi connectivity index (χ1v) is 10.2. The van der Waals surface area contributed by atoms with Gasteiger partial charge in [-0.3, -0.25) is 14.2 Å². The molecule has 0 bridgehead atoms. The highest BCUT2D eigenvalue weighted by Gasteiger charge is 2.18. The molecule has 0 atom stereocenters. The lowest BCUT2D eigenvalue weighted by molar-refractivity contribution is -0.118. The fourth-order valence-corrected chi connectivity index (χ4v) is 3.14. The summed E-state index contributed by atoms with van der Waals surface area (Å²) in [6.07, 6.45) is 3.34. The van der Waals surface area contributed by atoms with Crippen LogP contribution in [0.4, 0.5) is 15.8 Å². The highest BCUT2D eigenvalue weighted by Crippen LogP contribution is 2.23. The lowest BCUT2D eigenvalue weighted by Gasteiger charge is -2.12. The van der Waals surface area contributed by atoms with Gasteiger partial charge < -0.3 is 10.6 Å². The van der Waals surface area contributed by atoms with Crippen LogP contribution in [0.15, 0.2) is 59.9 Å². The van der Waals surface area contributed by atoms with Crippen molar-refractivity contribution in [1.29, 1.82) is 0 Å². The Morgan fingerprint density at radius 1 is 1.00 bits per heavy atom. The summed E-state index contributed by atoms with van der Waals surface area (Å²) in [5, 5.41) is 6.24. The van der Waals surface area contributed by atoms with E-state index in [2.05, 4.69) is 15.6 Å². The molecule has 2 N–H and O–H groups in total. The smallest absolute Gasteiger partial charge is 0.274 e. The molecule has 0 fully saturated rings. The predicted molar refractivity (Wildman–Crippen MR) is 113 cm³/mol. The highest BCUT2D eigenvalue weighted by atomic mass is 32.2. The van der Waals surface area contributed by atoms with E-state index in [-0.39, 0.29) is 23.5 Å². The van der Waals surface area contributed by atoms with E-state index in [0.717, 1.165) is 0 Å². The number of rotatable bonds is 6. The van der Waals surface area contributed by atoms with Gasteiger partial charge in [0.05, 0.1) is 6.20 Å². The number of anilines is 2. The molecule has 0 aliphatic rings. The molecule has 1 aromatic heterocycles. The lowest BCUT2D eigenvalue weighted by Crippen LogP contribution is -2.18. The Labute approximate surface area is 172 Å². The van der Waals surface area contributed by atoms with Crippen molar-refractivity contribution in [3.8, 4) is 5.69 Å². The number of nitrogens with one attached hydrogen (secondary N) is 2. The first kappa shape index (κ1) is 20.6. The summed E-state index contributed by atoms with van der Waals surface area (Å²) in [6, 6.07) is 12.7. The molecule has 2 amide bonds. The molecular weight excluding hydrogens is 391 g/mol. The van der Waals surface area contributed by atoms with E-state index in [1.54, 1.807) is 41.0 Å². The molecule has 0 saturated heterocycles. The van der Waals surface area contributed by atoms with Crippen molar-refractivity contribution < 1.29 is 14.0 Å². The summed E-state index contributed by atoms with van der Waals surface area (Å²) in [5.74, 6) is -0.891. The van der Waals surface area contributed by atoms with E-state index in [9.17, 15) is 14.0 Å². The molecule has 150 valence electrons. The molecule has 0 aliphatic heterocycles. The topological polar surface area (TPSA) is 76.0 Å². The Hall–Kier alpha value is -3.13. The van der Waals surface area contributed by atoms with Crippen molar-refractivity contribution in [3.63, 3.8) is 0 Å². The van der Waals surface area contributed by atoms with Crippen molar-refractivity contribution in [2.24, 2.45) is 5.92 Å². The maximum Gasteiger partial charge on any atom is 0.274 e. The number of benzene rings is 2. The number of imidazole rings is 1. The highest BCUT2D eigenvalue weighted by molar-refractivity contribution is 7.98. The van der Waals surface area contributed by atoms with Crippen molar-refractivity contribution >= 4 is 35.0 Å². The molecule has 8 heteroatoms. The van der Waals surface area contributed by atoms with Crippen LogP contribution >= 0.6 is 11.8 Å². The molecule has 0 radical (unpaired) electrons. The Morgan fingerprint density at radius 2 is 1.59 bits per heavy atom. The van der Waals surface area contributed by atoms with Crippen LogP contribution < -0.4 is 10.6 Å². The van der Waals surface area contributed by atoms with Crippen LogP contribution in [-0.4, -0.2) is 27.6 Å². The third kappa shape index (κ3) is 4.83. The number of hydrogen-bond acceptors (Lipinski definition) is 4. The van der Waals surface area contributed by atoms with E-state index >= 15 is 0 Å². The minimum Gasteiger partial charge on any atom is -0.326 e. The number of carbonyl (C=O) groups excluding carboxylic acids is 2. The Kier molecular flexibility index (Phi) is 6.33. The van der Waals surface area contributed by atoms with Gasteiger partial charge >= 0.3 is 0 Å². The maximum absolute atomic E-state index is 13.3. The monoisotopic (exact) mass is 412 g/mol. The largest absolute Gasteiger partial charge is 0.326 e. The minimum atomic E-state index is -0.352. The summed E-state index contributed by atoms with van der Waals surface area (Å²) in [4.78, 5) is 28.9. The number of nitrogens with zero attached hydrogens (tertiary/aromatic N) is 2. The average molecular weight is 412 g/mol. The summed E-state index contributed by atoms with van der Waals surface area (Å²) >= 11 is 1.39. The van der Waals surface area contributed by atoms with Gasteiger partial charge in [0.2, 0.25) is 5.91 Å². The van der Waals surface area contributed by atoms with E-state index in [4.69, 9.17) is 0 Å². The zero-order valence-electron chi connectivity index (χ0n) is 16.3. The first-order chi connectivity index (χ1) is 13.9. The van der Waals surface area contributed by atoms with E-state index in [0.29, 0.717) is 27.9 Å². The molecule has 0 spiro atoms. The molecule has 29 heavy (non-hydrogen) atoms. The molecule has 2 aromatic carbocycles. The van der Waals surface area contributed by atoms with Gasteiger partial charge in [-0.15, -0.1) is 0 Å². The Balaban J connectivity index is 1.80. The summed E-state index contributed by atoms with van der Waals surface area (Å²) < 4.78 is 15.0. The third-order valence-corrected chi connectivity index (χ3v) is 4.82. The fraction of sp³-hybridized carbons (Fsp3) is 0.190. The van der Waals surface area contributed by atoms with Crippen LogP contribution in [0.1, 0.15) is 24.3 Å². The van der Waals surface area contributed by atoms with Crippen LogP contribution in [-0.2, 0) is 4.79 Å². The van der Waals surface area contributed by atoms with Crippen molar-refractivity contribution in [2.75, 3.05) is 16.9 Å². The van der Waals surface area contributed by atoms with Crippen LogP contribution in [0.25, 0.3) is 5.69 Å². The quantitative estimate of drug-likeness (QED) is 0.581. The second-order valence-corrected chi connectivity index (χ2v) is 7.39. The lowest BCUT2D eigenvalue weighted by atomic mass is 10.2. The van der Waals surface area contributed by atoms with Gasteiger partial charge in [-0.2, -0.15) is 0 Å². The van der Waals surface area contributed by atoms with Crippen LogP contribution in [0.2, 0.25) is 0 Å². The predicted octanol–water partition coefficient (Wildman–Crippen LogP) is 4.58. The van der Waals surface area contributed by atoms with Gasteiger partial charge in [0.25, 0.3) is 5.91 Å². The van der Waals surface area contributed by atoms with E-state index < -0.39 is 0 Å². The number of thioether (sulfide) groups is 1. The summed E-state index contributed by atoms with van der Waals surface area (Å²) in [5.41, 5.74) is 2.21. The second-order valence-electron chi connectivity index (χ2n) is 6.62. The van der Waals surface area contributed by atoms with Crippen LogP contribution in [0.5, 0.6) is 0 Å². The van der Waals surface area contributed by atoms with Gasteiger partial charge in [0.15, 0.2) is 5.16 Å². The number of amides is 2. The van der Waals surface area contributed by atoms with E-state index in [1.165, 1.54) is 30.1 Å². The number of carbonyl (C=O) groups is 2. The van der Waals surface area contributed by atoms with Crippen molar-refractivity contribution in [3.05, 3.63) is 66.2 Å². The van der Waals surface area contributed by atoms with Gasteiger partial charge in [0, 0.05) is 23.0 Å². The van der Waals surface area contributed by atoms with Crippen LogP contribution in [0.3, 0.4) is 0 Å². The van der Waals surface area contributed by atoms with E-state index in [1.807, 2.05) is 20.1 Å². The zero-order valence-corrected chi connectivity index (χ0v) is 17.1. The average Bonchev–Trinajstić information content (AvgIpc) is 3.14. The van der Waals surface area contributed by atoms with Gasteiger partial charge in [-0.05, 0) is 54.8 Å². The van der Waals surface area contributed by atoms with Crippen LogP contribution in [0, 0.1) is 11.7 Å². The standard InChI is InChI=1S/C21H21FN4O2S/c1-13(2)19(27)24-15-6-8-16(9-7-15)25-20(28)18-12-23-21(29-3)26(18)17-10-4-14(22)5-11-17/h4-13H,1-3H3,(H,24,27)(H,25,28). The minimum absolute atomic E-state index is 0.0745. The molecule has 3 aromatic rings. The van der Waals surface area contributed by atoms with Gasteiger partial charge in [-0.1, -0.05) is 25.6 Å². The Bertz CT molecular complexity index is 1010. The Morgan fingerprint density at radius 3 is 2.14 bits per heavy atom. The van der Waals surface area contributed by atoms with Crippen molar-refractivity contribution in [2.45, 2.75) is 19.0 Å². The molecule has 0 aliphatic carbocycles. The first-order valence-electron chi connectivity index (χ1n) is 8.99. The SMILES string of the molecule is CSc1ncc(C(=O)Nc2ccc(NC(=O)C(C)C)cc2)n1-c1ccc(F)cc1. The summed E-state index contributed by atoms with van der Waals surface area (Å²) in [6.45, 7) is 3.63. The molecular formula is C21H21FN4O2S. The van der Waals surface area contributed by atoms with Crippen molar-refractivity contribution in [1.82, 2.24) is 9.55 Å². The maximum atomic E-state index is 13.3. The fourth-order valence-electron chi connectivity index (χ4n) is 2.60. The number of hydrogen-bond donors (Lipinski definition) is 2. The molecule has 0 saturated carbocycles. The summed E-state index contributed by atoms with van der Waals surface area (Å²) in [7, 11) is 0. The number of aromatic nitrogens is 2. The molecule has 0 unspecified atom stereocenters. The molecule has 1 heterocycles. The van der Waals surface area contributed by atoms with Gasteiger partial charge in [-0.25, -0.2) is 9.37 Å². The second kappa shape index (κ2) is 8.91.